The molecule has 1 rings (SSSR count). The van der Waals surface area contributed by atoms with Gasteiger partial charge in [0.1, 0.15) is 30.5 Å². The van der Waals surface area contributed by atoms with Crippen LogP contribution in [0, 0.1) is 0 Å². The number of hydrogen-bond acceptors (Lipinski definition) is 6. The first-order valence-electron chi connectivity index (χ1n) is 6.18. The molecule has 18 heavy (non-hydrogen) atoms. The summed E-state index contributed by atoms with van der Waals surface area (Å²) in [6.07, 6.45) is -5.22. The zero-order chi connectivity index (χ0) is 14.1. The van der Waals surface area contributed by atoms with Crippen LogP contribution in [0.4, 0.5) is 0 Å². The molecule has 0 aromatic heterocycles. The van der Waals surface area contributed by atoms with E-state index in [4.69, 9.17) is 9.47 Å². The van der Waals surface area contributed by atoms with Gasteiger partial charge in [0.15, 0.2) is 0 Å². The Morgan fingerprint density at radius 1 is 1.22 bits per heavy atom. The molecule has 5 atom stereocenters. The Kier molecular flexibility index (Phi) is 5.11. The van der Waals surface area contributed by atoms with Crippen LogP contribution in [0.1, 0.15) is 27.7 Å². The number of rotatable bonds is 4. The summed E-state index contributed by atoms with van der Waals surface area (Å²) in [6, 6.07) is 0. The molecular weight excluding hydrogens is 240 g/mol. The van der Waals surface area contributed by atoms with Gasteiger partial charge in [-0.15, -0.1) is 0 Å². The third-order valence-electron chi connectivity index (χ3n) is 2.99. The molecule has 0 aromatic rings. The largest absolute Gasteiger partial charge is 0.394 e. The van der Waals surface area contributed by atoms with E-state index in [0.29, 0.717) is 0 Å². The van der Waals surface area contributed by atoms with Crippen LogP contribution in [0.15, 0.2) is 0 Å². The summed E-state index contributed by atoms with van der Waals surface area (Å²) in [7, 11) is 0. The van der Waals surface area contributed by atoms with E-state index in [1.54, 1.807) is 13.8 Å². The highest BCUT2D eigenvalue weighted by atomic mass is 16.6. The molecule has 6 heteroatoms. The van der Waals surface area contributed by atoms with Gasteiger partial charge in [0, 0.05) is 0 Å². The Morgan fingerprint density at radius 2 is 1.78 bits per heavy atom. The van der Waals surface area contributed by atoms with Crippen LogP contribution in [-0.4, -0.2) is 69.3 Å². The molecule has 0 aromatic carbocycles. The van der Waals surface area contributed by atoms with Gasteiger partial charge >= 0.3 is 0 Å². The lowest BCUT2D eigenvalue weighted by Gasteiger charge is -2.46. The second-order valence-electron chi connectivity index (χ2n) is 5.56. The van der Waals surface area contributed by atoms with Gasteiger partial charge in [-0.25, -0.2) is 0 Å². The Balaban J connectivity index is 2.88. The molecule has 1 aliphatic heterocycles. The second-order valence-corrected chi connectivity index (χ2v) is 5.56. The van der Waals surface area contributed by atoms with Crippen molar-refractivity contribution in [1.29, 1.82) is 0 Å². The minimum atomic E-state index is -1.32. The first-order chi connectivity index (χ1) is 8.18. The van der Waals surface area contributed by atoms with Crippen molar-refractivity contribution in [2.75, 3.05) is 6.61 Å². The quantitative estimate of drug-likeness (QED) is 0.521. The maximum atomic E-state index is 10.0. The molecular formula is C12H24O6. The fraction of sp³-hybridized carbons (Fsp3) is 1.00. The molecule has 5 unspecified atom stereocenters. The van der Waals surface area contributed by atoms with Gasteiger partial charge in [0.2, 0.25) is 0 Å². The van der Waals surface area contributed by atoms with E-state index < -0.39 is 36.1 Å². The van der Waals surface area contributed by atoms with Crippen LogP contribution in [0.25, 0.3) is 0 Å². The van der Waals surface area contributed by atoms with Crippen LogP contribution in [0.3, 0.4) is 0 Å². The lowest BCUT2D eigenvalue weighted by molar-refractivity contribution is -0.277. The van der Waals surface area contributed by atoms with E-state index >= 15 is 0 Å². The SMILES string of the molecule is CC(C)OC1C(CO)OC(C(C)(C)O)C(O)C1O. The van der Waals surface area contributed by atoms with Crippen LogP contribution in [-0.2, 0) is 9.47 Å². The molecule has 108 valence electrons. The number of aliphatic hydroxyl groups is 4. The molecule has 4 N–H and O–H groups in total. The van der Waals surface area contributed by atoms with Gasteiger partial charge in [-0.2, -0.15) is 0 Å². The monoisotopic (exact) mass is 264 g/mol. The third-order valence-corrected chi connectivity index (χ3v) is 2.99. The predicted molar refractivity (Wildman–Crippen MR) is 64.1 cm³/mol. The van der Waals surface area contributed by atoms with Crippen molar-refractivity contribution in [3.8, 4) is 0 Å². The van der Waals surface area contributed by atoms with Crippen LogP contribution in [0.2, 0.25) is 0 Å². The Hall–Kier alpha value is -0.240. The minimum Gasteiger partial charge on any atom is -0.394 e. The smallest absolute Gasteiger partial charge is 0.115 e. The van der Waals surface area contributed by atoms with Gasteiger partial charge < -0.3 is 29.9 Å². The summed E-state index contributed by atoms with van der Waals surface area (Å²) in [4.78, 5) is 0. The standard InChI is InChI=1S/C12H24O6/c1-6(2)17-10-7(5-13)18-11(12(3,4)16)9(15)8(10)14/h6-11,13-16H,5H2,1-4H3. The fourth-order valence-electron chi connectivity index (χ4n) is 2.15. The summed E-state index contributed by atoms with van der Waals surface area (Å²) in [5.74, 6) is 0. The maximum absolute atomic E-state index is 10.0. The molecule has 0 aliphatic carbocycles. The number of hydrogen-bond donors (Lipinski definition) is 4. The zero-order valence-corrected chi connectivity index (χ0v) is 11.3. The first kappa shape index (κ1) is 15.8. The van der Waals surface area contributed by atoms with Crippen molar-refractivity contribution in [2.45, 2.75) is 69.9 Å². The highest BCUT2D eigenvalue weighted by molar-refractivity contribution is 4.98. The summed E-state index contributed by atoms with van der Waals surface area (Å²) in [5, 5.41) is 39.2. The van der Waals surface area contributed by atoms with Crippen molar-refractivity contribution in [3.63, 3.8) is 0 Å². The van der Waals surface area contributed by atoms with Gasteiger partial charge in [-0.3, -0.25) is 0 Å². The van der Waals surface area contributed by atoms with Crippen molar-refractivity contribution in [1.82, 2.24) is 0 Å². The van der Waals surface area contributed by atoms with E-state index in [0.717, 1.165) is 0 Å². The lowest BCUT2D eigenvalue weighted by Crippen LogP contribution is -2.64. The van der Waals surface area contributed by atoms with E-state index in [2.05, 4.69) is 0 Å². The minimum absolute atomic E-state index is 0.173. The summed E-state index contributed by atoms with van der Waals surface area (Å²) in [6.45, 7) is 6.18. The van der Waals surface area contributed by atoms with Crippen molar-refractivity contribution in [2.24, 2.45) is 0 Å². The van der Waals surface area contributed by atoms with E-state index in [1.807, 2.05) is 0 Å². The average molecular weight is 264 g/mol. The number of ether oxygens (including phenoxy) is 2. The van der Waals surface area contributed by atoms with Gasteiger partial charge in [0.25, 0.3) is 0 Å². The van der Waals surface area contributed by atoms with E-state index in [-0.39, 0.29) is 12.7 Å². The van der Waals surface area contributed by atoms with Crippen molar-refractivity contribution in [3.05, 3.63) is 0 Å². The number of aliphatic hydroxyl groups excluding tert-OH is 3. The molecule has 1 heterocycles. The van der Waals surface area contributed by atoms with Crippen molar-refractivity contribution >= 4 is 0 Å². The molecule has 1 saturated heterocycles. The molecule has 0 radical (unpaired) electrons. The summed E-state index contributed by atoms with van der Waals surface area (Å²) < 4.78 is 10.9. The molecule has 0 spiro atoms. The zero-order valence-electron chi connectivity index (χ0n) is 11.3. The van der Waals surface area contributed by atoms with Crippen LogP contribution >= 0.6 is 0 Å². The molecule has 0 amide bonds. The molecule has 6 nitrogen and oxygen atoms in total. The molecule has 0 bridgehead atoms. The molecule has 1 fully saturated rings. The third kappa shape index (κ3) is 3.40. The van der Waals surface area contributed by atoms with Crippen LogP contribution < -0.4 is 0 Å². The van der Waals surface area contributed by atoms with Gasteiger partial charge in [0.05, 0.1) is 18.3 Å². The maximum Gasteiger partial charge on any atom is 0.115 e. The van der Waals surface area contributed by atoms with Gasteiger partial charge in [-0.05, 0) is 27.7 Å². The molecule has 1 aliphatic rings. The Morgan fingerprint density at radius 3 is 2.17 bits per heavy atom. The molecule has 0 saturated carbocycles. The van der Waals surface area contributed by atoms with E-state index in [9.17, 15) is 20.4 Å². The topological polar surface area (TPSA) is 99.4 Å². The van der Waals surface area contributed by atoms with E-state index in [1.165, 1.54) is 13.8 Å². The van der Waals surface area contributed by atoms with Crippen molar-refractivity contribution < 1.29 is 29.9 Å². The lowest BCUT2D eigenvalue weighted by atomic mass is 9.87. The fourth-order valence-corrected chi connectivity index (χ4v) is 2.15. The predicted octanol–water partition coefficient (Wildman–Crippen LogP) is -0.968. The summed E-state index contributed by atoms with van der Waals surface area (Å²) in [5.41, 5.74) is -1.32. The van der Waals surface area contributed by atoms with Crippen LogP contribution in [0.5, 0.6) is 0 Å². The Bertz CT molecular complexity index is 260. The second kappa shape index (κ2) is 5.81. The summed E-state index contributed by atoms with van der Waals surface area (Å²) >= 11 is 0. The van der Waals surface area contributed by atoms with Gasteiger partial charge in [-0.1, -0.05) is 0 Å². The first-order valence-corrected chi connectivity index (χ1v) is 6.18. The highest BCUT2D eigenvalue weighted by Gasteiger charge is 2.49. The Labute approximate surface area is 107 Å². The highest BCUT2D eigenvalue weighted by Crippen LogP contribution is 2.29. The average Bonchev–Trinajstić information content (AvgIpc) is 2.23. The normalized spacial score (nSPS) is 38.2.